The first kappa shape index (κ1) is 12.3. The van der Waals surface area contributed by atoms with Crippen LogP contribution < -0.4 is 11.0 Å². The van der Waals surface area contributed by atoms with Gasteiger partial charge in [-0.15, -0.1) is 0 Å². The molecule has 1 N–H and O–H groups in total. The van der Waals surface area contributed by atoms with E-state index in [9.17, 15) is 4.79 Å². The van der Waals surface area contributed by atoms with Crippen LogP contribution in [0.5, 0.6) is 0 Å². The van der Waals surface area contributed by atoms with Gasteiger partial charge in [-0.3, -0.25) is 9.13 Å². The summed E-state index contributed by atoms with van der Waals surface area (Å²) in [5.41, 5.74) is 2.49. The maximum atomic E-state index is 12.9. The lowest BCUT2D eigenvalue weighted by molar-refractivity contribution is 0.537. The van der Waals surface area contributed by atoms with Crippen LogP contribution in [0.15, 0.2) is 53.5 Å². The van der Waals surface area contributed by atoms with E-state index in [-0.39, 0.29) is 11.7 Å². The highest BCUT2D eigenvalue weighted by atomic mass is 16.1. The lowest BCUT2D eigenvalue weighted by Gasteiger charge is -2.09. The Kier molecular flexibility index (Phi) is 2.86. The molecule has 0 amide bonds. The van der Waals surface area contributed by atoms with Gasteiger partial charge in [0.25, 0.3) is 0 Å². The molecule has 0 aliphatic carbocycles. The number of hydrogen-bond donors (Lipinski definition) is 1. The predicted octanol–water partition coefficient (Wildman–Crippen LogP) is 1.72. The standard InChI is InChI=1S/C16H16N4O/c21-16-19(12-5-2-1-3-6-12)14-7-4-9-18-15(14)20(16)13-8-10-17-11-13/h1-7,9,13,17H,8,10-11H2. The Labute approximate surface area is 121 Å². The minimum absolute atomic E-state index is 0.0106. The molecular weight excluding hydrogens is 264 g/mol. The lowest BCUT2D eigenvalue weighted by Crippen LogP contribution is -2.28. The Morgan fingerprint density at radius 3 is 2.76 bits per heavy atom. The Hall–Kier alpha value is -2.40. The number of imidazole rings is 1. The van der Waals surface area contributed by atoms with Crippen LogP contribution in [-0.4, -0.2) is 27.2 Å². The predicted molar refractivity (Wildman–Crippen MR) is 81.9 cm³/mol. The molecule has 3 heterocycles. The molecule has 0 saturated carbocycles. The lowest BCUT2D eigenvalue weighted by atomic mass is 10.2. The number of nitrogens with one attached hydrogen (secondary N) is 1. The molecule has 4 rings (SSSR count). The van der Waals surface area contributed by atoms with E-state index in [0.29, 0.717) is 0 Å². The Balaban J connectivity index is 2.03. The monoisotopic (exact) mass is 280 g/mol. The molecule has 1 unspecified atom stereocenters. The van der Waals surface area contributed by atoms with E-state index in [0.717, 1.165) is 36.4 Å². The topological polar surface area (TPSA) is 51.9 Å². The van der Waals surface area contributed by atoms with Crippen molar-refractivity contribution in [1.29, 1.82) is 0 Å². The number of nitrogens with zero attached hydrogens (tertiary/aromatic N) is 3. The van der Waals surface area contributed by atoms with Crippen LogP contribution in [0.4, 0.5) is 0 Å². The summed E-state index contributed by atoms with van der Waals surface area (Å²) >= 11 is 0. The van der Waals surface area contributed by atoms with Gasteiger partial charge < -0.3 is 5.32 Å². The van der Waals surface area contributed by atoms with Crippen molar-refractivity contribution in [3.05, 3.63) is 59.1 Å². The Morgan fingerprint density at radius 2 is 2.00 bits per heavy atom. The molecular formula is C16H16N4O. The molecule has 0 radical (unpaired) electrons. The maximum Gasteiger partial charge on any atom is 0.335 e. The first-order valence-corrected chi connectivity index (χ1v) is 7.20. The van der Waals surface area contributed by atoms with Gasteiger partial charge in [0, 0.05) is 12.7 Å². The summed E-state index contributed by atoms with van der Waals surface area (Å²) in [5, 5.41) is 3.32. The van der Waals surface area contributed by atoms with E-state index >= 15 is 0 Å². The third-order valence-electron chi connectivity index (χ3n) is 4.05. The molecule has 106 valence electrons. The van der Waals surface area contributed by atoms with Crippen molar-refractivity contribution < 1.29 is 0 Å². The molecule has 0 bridgehead atoms. The van der Waals surface area contributed by atoms with Gasteiger partial charge in [-0.05, 0) is 37.2 Å². The van der Waals surface area contributed by atoms with Gasteiger partial charge in [0.15, 0.2) is 5.65 Å². The summed E-state index contributed by atoms with van der Waals surface area (Å²) in [6.45, 7) is 1.77. The van der Waals surface area contributed by atoms with E-state index in [1.165, 1.54) is 0 Å². The van der Waals surface area contributed by atoms with E-state index in [1.54, 1.807) is 10.8 Å². The molecule has 1 aliphatic heterocycles. The van der Waals surface area contributed by atoms with Gasteiger partial charge in [-0.25, -0.2) is 9.78 Å². The van der Waals surface area contributed by atoms with Crippen LogP contribution in [0.3, 0.4) is 0 Å². The number of aromatic nitrogens is 3. The van der Waals surface area contributed by atoms with Crippen molar-refractivity contribution in [2.24, 2.45) is 0 Å². The van der Waals surface area contributed by atoms with Crippen molar-refractivity contribution in [3.63, 3.8) is 0 Å². The third kappa shape index (κ3) is 1.89. The second-order valence-corrected chi connectivity index (χ2v) is 5.32. The van der Waals surface area contributed by atoms with Gasteiger partial charge >= 0.3 is 5.69 Å². The number of benzene rings is 1. The maximum absolute atomic E-state index is 12.9. The second-order valence-electron chi connectivity index (χ2n) is 5.32. The normalized spacial score (nSPS) is 18.4. The largest absolute Gasteiger partial charge is 0.335 e. The van der Waals surface area contributed by atoms with Crippen molar-refractivity contribution >= 4 is 11.2 Å². The fraction of sp³-hybridized carbons (Fsp3) is 0.250. The number of hydrogen-bond acceptors (Lipinski definition) is 3. The Bertz CT molecular complexity index is 828. The number of pyridine rings is 1. The minimum Gasteiger partial charge on any atom is -0.315 e. The molecule has 1 saturated heterocycles. The Morgan fingerprint density at radius 1 is 1.14 bits per heavy atom. The van der Waals surface area contributed by atoms with Crippen molar-refractivity contribution in [2.75, 3.05) is 13.1 Å². The highest BCUT2D eigenvalue weighted by Crippen LogP contribution is 2.21. The SMILES string of the molecule is O=c1n(-c2ccccc2)c2cccnc2n1C1CCNC1. The molecule has 1 aliphatic rings. The highest BCUT2D eigenvalue weighted by molar-refractivity contribution is 5.74. The van der Waals surface area contributed by atoms with Crippen LogP contribution in [0.1, 0.15) is 12.5 Å². The minimum atomic E-state index is -0.0106. The van der Waals surface area contributed by atoms with Crippen LogP contribution in [0.25, 0.3) is 16.9 Å². The molecule has 1 aromatic carbocycles. The smallest absolute Gasteiger partial charge is 0.315 e. The molecule has 3 aromatic rings. The second kappa shape index (κ2) is 4.86. The van der Waals surface area contributed by atoms with E-state index in [4.69, 9.17) is 0 Å². The molecule has 5 nitrogen and oxygen atoms in total. The molecule has 0 spiro atoms. The summed E-state index contributed by atoms with van der Waals surface area (Å²) in [4.78, 5) is 17.4. The van der Waals surface area contributed by atoms with Gasteiger partial charge in [0.1, 0.15) is 0 Å². The van der Waals surface area contributed by atoms with Crippen molar-refractivity contribution in [1.82, 2.24) is 19.4 Å². The van der Waals surface area contributed by atoms with Gasteiger partial charge in [-0.2, -0.15) is 0 Å². The van der Waals surface area contributed by atoms with E-state index in [1.807, 2.05) is 47.0 Å². The average Bonchev–Trinajstić information content (AvgIpc) is 3.13. The van der Waals surface area contributed by atoms with Crippen LogP contribution in [-0.2, 0) is 0 Å². The number of rotatable bonds is 2. The van der Waals surface area contributed by atoms with Crippen molar-refractivity contribution in [3.8, 4) is 5.69 Å². The molecule has 21 heavy (non-hydrogen) atoms. The first-order chi connectivity index (χ1) is 10.4. The quantitative estimate of drug-likeness (QED) is 0.777. The molecule has 1 fully saturated rings. The fourth-order valence-electron chi connectivity index (χ4n) is 3.07. The molecule has 2 aromatic heterocycles. The fourth-order valence-corrected chi connectivity index (χ4v) is 3.07. The van der Waals surface area contributed by atoms with E-state index in [2.05, 4.69) is 10.3 Å². The van der Waals surface area contributed by atoms with E-state index < -0.39 is 0 Å². The van der Waals surface area contributed by atoms with Gasteiger partial charge in [0.05, 0.1) is 17.2 Å². The summed E-state index contributed by atoms with van der Waals surface area (Å²) in [7, 11) is 0. The zero-order valence-electron chi connectivity index (χ0n) is 11.6. The van der Waals surface area contributed by atoms with Gasteiger partial charge in [-0.1, -0.05) is 18.2 Å². The summed E-state index contributed by atoms with van der Waals surface area (Å²) < 4.78 is 3.59. The number of fused-ring (bicyclic) bond motifs is 1. The zero-order valence-corrected chi connectivity index (χ0v) is 11.6. The van der Waals surface area contributed by atoms with Gasteiger partial charge in [0.2, 0.25) is 0 Å². The van der Waals surface area contributed by atoms with Crippen LogP contribution in [0.2, 0.25) is 0 Å². The molecule has 1 atom stereocenters. The van der Waals surface area contributed by atoms with Crippen LogP contribution in [0, 0.1) is 0 Å². The highest BCUT2D eigenvalue weighted by Gasteiger charge is 2.24. The summed E-state index contributed by atoms with van der Waals surface area (Å²) in [6.07, 6.45) is 2.71. The number of para-hydroxylation sites is 1. The zero-order chi connectivity index (χ0) is 14.2. The summed E-state index contributed by atoms with van der Waals surface area (Å²) in [6, 6.07) is 13.7. The third-order valence-corrected chi connectivity index (χ3v) is 4.05. The average molecular weight is 280 g/mol. The van der Waals surface area contributed by atoms with Crippen LogP contribution >= 0.6 is 0 Å². The first-order valence-electron chi connectivity index (χ1n) is 7.20. The molecule has 5 heteroatoms. The summed E-state index contributed by atoms with van der Waals surface area (Å²) in [5.74, 6) is 0. The van der Waals surface area contributed by atoms with Crippen molar-refractivity contribution in [2.45, 2.75) is 12.5 Å².